The van der Waals surface area contributed by atoms with Crippen LogP contribution in [0.3, 0.4) is 0 Å². The summed E-state index contributed by atoms with van der Waals surface area (Å²) in [5, 5.41) is 10.7. The summed E-state index contributed by atoms with van der Waals surface area (Å²) in [4.78, 5) is 14.1. The van der Waals surface area contributed by atoms with Crippen molar-refractivity contribution in [3.8, 4) is 11.5 Å². The lowest BCUT2D eigenvalue weighted by Crippen LogP contribution is -2.41. The third kappa shape index (κ3) is 5.33. The van der Waals surface area contributed by atoms with E-state index in [0.29, 0.717) is 30.3 Å². The van der Waals surface area contributed by atoms with E-state index in [2.05, 4.69) is 20.4 Å². The van der Waals surface area contributed by atoms with E-state index in [1.807, 2.05) is 0 Å². The minimum atomic E-state index is -0.322. The average molecular weight is 348 g/mol. The zero-order valence-electron chi connectivity index (χ0n) is 13.9. The first-order chi connectivity index (χ1) is 12.2. The molecule has 3 rings (SSSR count). The van der Waals surface area contributed by atoms with Gasteiger partial charge in [-0.3, -0.25) is 9.69 Å². The molecule has 0 saturated carbocycles. The first kappa shape index (κ1) is 17.5. The Hall–Kier alpha value is -2.32. The Labute approximate surface area is 145 Å². The van der Waals surface area contributed by atoms with Crippen molar-refractivity contribution < 1.29 is 18.3 Å². The predicted molar refractivity (Wildman–Crippen MR) is 88.3 cm³/mol. The predicted octanol–water partition coefficient (Wildman–Crippen LogP) is 1.26. The van der Waals surface area contributed by atoms with E-state index < -0.39 is 0 Å². The van der Waals surface area contributed by atoms with Crippen LogP contribution in [0.25, 0.3) is 11.5 Å². The zero-order valence-corrected chi connectivity index (χ0v) is 13.9. The quantitative estimate of drug-likeness (QED) is 0.811. The molecular weight excluding hydrogens is 327 g/mol. The number of morpholine rings is 1. The molecule has 0 spiro atoms. The fourth-order valence-electron chi connectivity index (χ4n) is 2.55. The summed E-state index contributed by atoms with van der Waals surface area (Å²) in [5.74, 6) is 0.345. The van der Waals surface area contributed by atoms with E-state index in [-0.39, 0.29) is 18.1 Å². The Kier molecular flexibility index (Phi) is 6.08. The van der Waals surface area contributed by atoms with Gasteiger partial charge in [-0.25, -0.2) is 4.39 Å². The van der Waals surface area contributed by atoms with Crippen molar-refractivity contribution in [1.29, 1.82) is 0 Å². The van der Waals surface area contributed by atoms with E-state index in [1.165, 1.54) is 12.1 Å². The molecule has 0 atom stereocenters. The van der Waals surface area contributed by atoms with Gasteiger partial charge in [-0.1, -0.05) is 0 Å². The van der Waals surface area contributed by atoms with Crippen LogP contribution in [0.1, 0.15) is 12.3 Å². The van der Waals surface area contributed by atoms with E-state index in [0.717, 1.165) is 32.8 Å². The summed E-state index contributed by atoms with van der Waals surface area (Å²) in [5.41, 5.74) is 0.648. The summed E-state index contributed by atoms with van der Waals surface area (Å²) >= 11 is 0. The molecular formula is C17H21FN4O3. The third-order valence-electron chi connectivity index (χ3n) is 3.98. The maximum atomic E-state index is 12.9. The van der Waals surface area contributed by atoms with Crippen LogP contribution in [-0.2, 0) is 16.0 Å². The van der Waals surface area contributed by atoms with Gasteiger partial charge in [0.25, 0.3) is 0 Å². The van der Waals surface area contributed by atoms with Crippen molar-refractivity contribution in [2.75, 3.05) is 39.4 Å². The van der Waals surface area contributed by atoms with Crippen LogP contribution in [0, 0.1) is 5.82 Å². The molecule has 1 aliphatic rings. The lowest BCUT2D eigenvalue weighted by atomic mass is 10.2. The van der Waals surface area contributed by atoms with Crippen molar-refractivity contribution in [1.82, 2.24) is 20.4 Å². The highest BCUT2D eigenvalue weighted by atomic mass is 19.1. The van der Waals surface area contributed by atoms with Crippen LogP contribution in [0.5, 0.6) is 0 Å². The molecule has 2 heterocycles. The Morgan fingerprint density at radius 2 is 1.96 bits per heavy atom. The number of nitrogens with one attached hydrogen (secondary N) is 1. The van der Waals surface area contributed by atoms with Gasteiger partial charge in [-0.15, -0.1) is 10.2 Å². The lowest BCUT2D eigenvalue weighted by Gasteiger charge is -2.26. The number of ether oxygens (including phenoxy) is 1. The zero-order chi connectivity index (χ0) is 17.5. The molecule has 1 saturated heterocycles. The van der Waals surface area contributed by atoms with E-state index in [4.69, 9.17) is 9.15 Å². The van der Waals surface area contributed by atoms with Crippen LogP contribution in [0.4, 0.5) is 4.39 Å². The average Bonchev–Trinajstić information content (AvgIpc) is 3.10. The molecule has 8 heteroatoms. The molecule has 1 amide bonds. The second-order valence-corrected chi connectivity index (χ2v) is 5.81. The van der Waals surface area contributed by atoms with Gasteiger partial charge in [0.1, 0.15) is 5.82 Å². The van der Waals surface area contributed by atoms with Gasteiger partial charge in [0.05, 0.1) is 13.2 Å². The molecule has 1 aromatic carbocycles. The van der Waals surface area contributed by atoms with Crippen molar-refractivity contribution >= 4 is 5.91 Å². The van der Waals surface area contributed by atoms with Gasteiger partial charge < -0.3 is 14.5 Å². The number of benzene rings is 1. The van der Waals surface area contributed by atoms with Crippen molar-refractivity contribution in [2.24, 2.45) is 0 Å². The molecule has 2 aromatic rings. The fraction of sp³-hybridized carbons (Fsp3) is 0.471. The number of rotatable bonds is 7. The summed E-state index contributed by atoms with van der Waals surface area (Å²) in [6, 6.07) is 5.82. The highest BCUT2D eigenvalue weighted by Crippen LogP contribution is 2.18. The molecule has 134 valence electrons. The van der Waals surface area contributed by atoms with Crippen molar-refractivity contribution in [3.05, 3.63) is 36.0 Å². The Bertz CT molecular complexity index is 683. The van der Waals surface area contributed by atoms with Gasteiger partial charge in [-0.2, -0.15) is 0 Å². The molecule has 25 heavy (non-hydrogen) atoms. The Morgan fingerprint density at radius 3 is 2.72 bits per heavy atom. The van der Waals surface area contributed by atoms with Gasteiger partial charge in [0.15, 0.2) is 0 Å². The standard InChI is InChI=1S/C17H21FN4O3/c18-14-3-1-13(2-4-14)17-21-20-16(25-17)6-5-15(23)19-7-8-22-9-11-24-12-10-22/h1-4H,5-12H2,(H,19,23). The largest absolute Gasteiger partial charge is 0.421 e. The lowest BCUT2D eigenvalue weighted by molar-refractivity contribution is -0.121. The number of hydrogen-bond acceptors (Lipinski definition) is 6. The maximum absolute atomic E-state index is 12.9. The van der Waals surface area contributed by atoms with Crippen molar-refractivity contribution in [2.45, 2.75) is 12.8 Å². The number of hydrogen-bond donors (Lipinski definition) is 1. The van der Waals surface area contributed by atoms with Gasteiger partial charge >= 0.3 is 0 Å². The molecule has 1 N–H and O–H groups in total. The first-order valence-electron chi connectivity index (χ1n) is 8.36. The fourth-order valence-corrected chi connectivity index (χ4v) is 2.55. The van der Waals surface area contributed by atoms with E-state index in [9.17, 15) is 9.18 Å². The van der Waals surface area contributed by atoms with Crippen LogP contribution >= 0.6 is 0 Å². The van der Waals surface area contributed by atoms with Crippen LogP contribution in [0.15, 0.2) is 28.7 Å². The van der Waals surface area contributed by atoms with E-state index in [1.54, 1.807) is 12.1 Å². The second-order valence-electron chi connectivity index (χ2n) is 5.81. The van der Waals surface area contributed by atoms with Gasteiger partial charge in [0, 0.05) is 44.6 Å². The Morgan fingerprint density at radius 1 is 1.20 bits per heavy atom. The SMILES string of the molecule is O=C(CCc1nnc(-c2ccc(F)cc2)o1)NCCN1CCOCC1. The van der Waals surface area contributed by atoms with Crippen LogP contribution in [-0.4, -0.2) is 60.4 Å². The van der Waals surface area contributed by atoms with E-state index >= 15 is 0 Å². The number of aryl methyl sites for hydroxylation is 1. The third-order valence-corrected chi connectivity index (χ3v) is 3.98. The summed E-state index contributed by atoms with van der Waals surface area (Å²) < 4.78 is 23.7. The topological polar surface area (TPSA) is 80.5 Å². The van der Waals surface area contributed by atoms with Gasteiger partial charge in [0.2, 0.25) is 17.7 Å². The number of carbonyl (C=O) groups excluding carboxylic acids is 1. The second kappa shape index (κ2) is 8.68. The minimum Gasteiger partial charge on any atom is -0.421 e. The normalized spacial score (nSPS) is 15.2. The maximum Gasteiger partial charge on any atom is 0.247 e. The number of aromatic nitrogens is 2. The smallest absolute Gasteiger partial charge is 0.247 e. The number of nitrogens with zero attached hydrogens (tertiary/aromatic N) is 3. The number of amides is 1. The minimum absolute atomic E-state index is 0.0465. The highest BCUT2D eigenvalue weighted by Gasteiger charge is 2.12. The molecule has 0 bridgehead atoms. The van der Waals surface area contributed by atoms with Crippen molar-refractivity contribution in [3.63, 3.8) is 0 Å². The molecule has 1 aromatic heterocycles. The number of halogens is 1. The molecule has 7 nitrogen and oxygen atoms in total. The molecule has 0 radical (unpaired) electrons. The van der Waals surface area contributed by atoms with Crippen LogP contribution in [0.2, 0.25) is 0 Å². The monoisotopic (exact) mass is 348 g/mol. The van der Waals surface area contributed by atoms with Gasteiger partial charge in [-0.05, 0) is 24.3 Å². The molecule has 0 aliphatic carbocycles. The summed E-state index contributed by atoms with van der Waals surface area (Å²) in [7, 11) is 0. The molecule has 1 aliphatic heterocycles. The summed E-state index contributed by atoms with van der Waals surface area (Å²) in [6.45, 7) is 4.75. The Balaban J connectivity index is 1.39. The summed E-state index contributed by atoms with van der Waals surface area (Å²) in [6.07, 6.45) is 0.658. The van der Waals surface area contributed by atoms with Crippen LogP contribution < -0.4 is 5.32 Å². The molecule has 1 fully saturated rings. The molecule has 0 unspecified atom stereocenters. The highest BCUT2D eigenvalue weighted by molar-refractivity contribution is 5.76. The number of carbonyl (C=O) groups is 1. The first-order valence-corrected chi connectivity index (χ1v) is 8.36.